The second-order valence-corrected chi connectivity index (χ2v) is 7.37. The number of aliphatic hydroxyl groups is 1. The number of nitrogens with zero attached hydrogens (tertiary/aromatic N) is 6. The molecule has 0 aromatic carbocycles. The minimum absolute atomic E-state index is 0.100. The van der Waals surface area contributed by atoms with E-state index >= 15 is 0 Å². The highest BCUT2D eigenvalue weighted by atomic mass is 16.3. The Bertz CT molecular complexity index is 778. The fourth-order valence-corrected chi connectivity index (χ4v) is 3.24. The Labute approximate surface area is 147 Å². The van der Waals surface area contributed by atoms with Crippen LogP contribution in [0.5, 0.6) is 0 Å². The van der Waals surface area contributed by atoms with E-state index in [4.69, 9.17) is 0 Å². The first-order valence-electron chi connectivity index (χ1n) is 8.71. The molecule has 0 bridgehead atoms. The van der Waals surface area contributed by atoms with Gasteiger partial charge in [0.15, 0.2) is 0 Å². The number of hydrogen-bond acceptors (Lipinski definition) is 5. The van der Waals surface area contributed by atoms with E-state index < -0.39 is 5.60 Å². The van der Waals surface area contributed by atoms with Crippen LogP contribution >= 0.6 is 0 Å². The third-order valence-electron chi connectivity index (χ3n) is 4.82. The van der Waals surface area contributed by atoms with E-state index in [1.54, 1.807) is 22.0 Å². The van der Waals surface area contributed by atoms with Gasteiger partial charge in [-0.25, -0.2) is 4.68 Å². The van der Waals surface area contributed by atoms with Crippen molar-refractivity contribution in [1.82, 2.24) is 29.7 Å². The van der Waals surface area contributed by atoms with Crippen LogP contribution in [0.2, 0.25) is 0 Å². The van der Waals surface area contributed by atoms with Crippen molar-refractivity contribution in [2.75, 3.05) is 13.1 Å². The number of carbonyl (C=O) groups excluding carboxylic acids is 1. The first-order chi connectivity index (χ1) is 11.7. The third kappa shape index (κ3) is 3.06. The molecule has 8 heteroatoms. The van der Waals surface area contributed by atoms with Crippen LogP contribution in [0.3, 0.4) is 0 Å². The molecule has 3 heterocycles. The summed E-state index contributed by atoms with van der Waals surface area (Å²) in [6.07, 6.45) is 3.83. The first-order valence-corrected chi connectivity index (χ1v) is 8.71. The molecule has 2 aromatic heterocycles. The zero-order valence-corrected chi connectivity index (χ0v) is 15.5. The summed E-state index contributed by atoms with van der Waals surface area (Å²) in [5.41, 5.74) is 0.807. The van der Waals surface area contributed by atoms with Crippen LogP contribution < -0.4 is 0 Å². The van der Waals surface area contributed by atoms with E-state index in [-0.39, 0.29) is 24.5 Å². The molecule has 0 saturated carbocycles. The molecule has 1 aliphatic heterocycles. The van der Waals surface area contributed by atoms with Gasteiger partial charge in [0.2, 0.25) is 0 Å². The minimum Gasteiger partial charge on any atom is -0.381 e. The third-order valence-corrected chi connectivity index (χ3v) is 4.82. The van der Waals surface area contributed by atoms with Gasteiger partial charge in [-0.2, -0.15) is 5.10 Å². The van der Waals surface area contributed by atoms with Gasteiger partial charge in [0.05, 0.1) is 24.5 Å². The number of amides is 1. The van der Waals surface area contributed by atoms with E-state index in [0.29, 0.717) is 24.2 Å². The number of aromatic nitrogens is 5. The van der Waals surface area contributed by atoms with Crippen molar-refractivity contribution < 1.29 is 9.90 Å². The Kier molecular flexibility index (Phi) is 4.40. The van der Waals surface area contributed by atoms with Crippen molar-refractivity contribution in [3.05, 3.63) is 29.3 Å². The van der Waals surface area contributed by atoms with Crippen molar-refractivity contribution in [3.8, 4) is 0 Å². The lowest BCUT2D eigenvalue weighted by Crippen LogP contribution is -2.35. The van der Waals surface area contributed by atoms with Crippen molar-refractivity contribution in [2.45, 2.75) is 58.7 Å². The molecule has 0 aliphatic carbocycles. The van der Waals surface area contributed by atoms with E-state index in [2.05, 4.69) is 15.4 Å². The summed E-state index contributed by atoms with van der Waals surface area (Å²) < 4.78 is 3.55. The maximum Gasteiger partial charge on any atom is 0.257 e. The molecule has 1 aliphatic rings. The summed E-state index contributed by atoms with van der Waals surface area (Å²) in [4.78, 5) is 14.5. The maximum absolute atomic E-state index is 12.9. The fourth-order valence-electron chi connectivity index (χ4n) is 3.24. The highest BCUT2D eigenvalue weighted by Crippen LogP contribution is 2.32. The van der Waals surface area contributed by atoms with Crippen molar-refractivity contribution in [3.63, 3.8) is 0 Å². The Morgan fingerprint density at radius 2 is 2.00 bits per heavy atom. The van der Waals surface area contributed by atoms with E-state index in [0.717, 1.165) is 5.69 Å². The SMILES string of the molecule is Cc1c(C(=O)N2CC[C@](O)(c3cn(C(C)C)nn3)C2)cnn1C(C)C. The van der Waals surface area contributed by atoms with Crippen LogP contribution in [0.1, 0.15) is 67.9 Å². The Morgan fingerprint density at radius 1 is 1.28 bits per heavy atom. The van der Waals surface area contributed by atoms with Gasteiger partial charge in [0, 0.05) is 30.7 Å². The monoisotopic (exact) mass is 346 g/mol. The molecule has 1 amide bonds. The molecule has 25 heavy (non-hydrogen) atoms. The van der Waals surface area contributed by atoms with Gasteiger partial charge < -0.3 is 10.0 Å². The van der Waals surface area contributed by atoms with Gasteiger partial charge >= 0.3 is 0 Å². The van der Waals surface area contributed by atoms with Crippen LogP contribution in [0.15, 0.2) is 12.4 Å². The molecule has 0 spiro atoms. The van der Waals surface area contributed by atoms with Crippen LogP contribution in [0.4, 0.5) is 0 Å². The van der Waals surface area contributed by atoms with Crippen molar-refractivity contribution >= 4 is 5.91 Å². The molecule has 1 N–H and O–H groups in total. The van der Waals surface area contributed by atoms with Gasteiger partial charge in [0.25, 0.3) is 5.91 Å². The highest BCUT2D eigenvalue weighted by molar-refractivity contribution is 5.95. The molecule has 1 fully saturated rings. The number of hydrogen-bond donors (Lipinski definition) is 1. The quantitative estimate of drug-likeness (QED) is 0.910. The molecule has 136 valence electrons. The zero-order valence-electron chi connectivity index (χ0n) is 15.5. The second kappa shape index (κ2) is 6.25. The molecule has 0 unspecified atom stereocenters. The summed E-state index contributed by atoms with van der Waals surface area (Å²) in [7, 11) is 0. The predicted molar refractivity (Wildman–Crippen MR) is 92.2 cm³/mol. The maximum atomic E-state index is 12.9. The summed E-state index contributed by atoms with van der Waals surface area (Å²) in [6.45, 7) is 10.7. The average molecular weight is 346 g/mol. The molecule has 8 nitrogen and oxygen atoms in total. The smallest absolute Gasteiger partial charge is 0.257 e. The van der Waals surface area contributed by atoms with Gasteiger partial charge in [0.1, 0.15) is 11.3 Å². The van der Waals surface area contributed by atoms with Gasteiger partial charge in [-0.15, -0.1) is 5.10 Å². The van der Waals surface area contributed by atoms with Gasteiger partial charge in [-0.1, -0.05) is 5.21 Å². The molecule has 1 atom stereocenters. The van der Waals surface area contributed by atoms with Crippen molar-refractivity contribution in [2.24, 2.45) is 0 Å². The van der Waals surface area contributed by atoms with E-state index in [1.807, 2.05) is 39.3 Å². The van der Waals surface area contributed by atoms with Crippen molar-refractivity contribution in [1.29, 1.82) is 0 Å². The lowest BCUT2D eigenvalue weighted by molar-refractivity contribution is 0.0381. The summed E-state index contributed by atoms with van der Waals surface area (Å²) in [5, 5.41) is 23.4. The summed E-state index contributed by atoms with van der Waals surface area (Å²) in [6, 6.07) is 0.372. The predicted octanol–water partition coefficient (Wildman–Crippen LogP) is 1.68. The number of rotatable bonds is 4. The summed E-state index contributed by atoms with van der Waals surface area (Å²) in [5.74, 6) is -0.100. The number of carbonyl (C=O) groups is 1. The van der Waals surface area contributed by atoms with Gasteiger partial charge in [-0.05, 0) is 34.6 Å². The molecule has 2 aromatic rings. The zero-order chi connectivity index (χ0) is 18.4. The standard InChI is InChI=1S/C17H26N6O2/c1-11(2)22-9-15(19-20-22)17(25)6-7-21(10-17)16(24)14-8-18-23(12(3)4)13(14)5/h8-9,11-12,25H,6-7,10H2,1-5H3/t17-/m1/s1. The Hall–Kier alpha value is -2.22. The Morgan fingerprint density at radius 3 is 2.56 bits per heavy atom. The molecular formula is C17H26N6O2. The van der Waals surface area contributed by atoms with Crippen LogP contribution in [-0.4, -0.2) is 53.8 Å². The number of likely N-dealkylation sites (tertiary alicyclic amines) is 1. The molecule has 0 radical (unpaired) electrons. The topological polar surface area (TPSA) is 89.1 Å². The fraction of sp³-hybridized carbons (Fsp3) is 0.647. The van der Waals surface area contributed by atoms with Crippen LogP contribution in [0, 0.1) is 6.92 Å². The van der Waals surface area contributed by atoms with Crippen LogP contribution in [-0.2, 0) is 5.60 Å². The molecule has 1 saturated heterocycles. The minimum atomic E-state index is -1.15. The first kappa shape index (κ1) is 17.6. The summed E-state index contributed by atoms with van der Waals surface area (Å²) >= 11 is 0. The highest BCUT2D eigenvalue weighted by Gasteiger charge is 2.42. The lowest BCUT2D eigenvalue weighted by atomic mass is 10.00. The second-order valence-electron chi connectivity index (χ2n) is 7.37. The molecule has 3 rings (SSSR count). The Balaban J connectivity index is 1.78. The average Bonchev–Trinajstić information content (AvgIpc) is 3.24. The van der Waals surface area contributed by atoms with E-state index in [9.17, 15) is 9.90 Å². The molecular weight excluding hydrogens is 320 g/mol. The van der Waals surface area contributed by atoms with Gasteiger partial charge in [-0.3, -0.25) is 9.48 Å². The number of β-amino-alcohol motifs (C(OH)–C–C–N with tert-alkyl or cyclic N) is 1. The largest absolute Gasteiger partial charge is 0.381 e. The van der Waals surface area contributed by atoms with Crippen LogP contribution in [0.25, 0.3) is 0 Å². The van der Waals surface area contributed by atoms with E-state index in [1.165, 1.54) is 0 Å². The lowest BCUT2D eigenvalue weighted by Gasteiger charge is -2.21. The normalized spacial score (nSPS) is 20.9.